The molecule has 0 heterocycles. The van der Waals surface area contributed by atoms with Gasteiger partial charge in [-0.05, 0) is 0 Å². The fourth-order valence-electron chi connectivity index (χ4n) is 0. The van der Waals surface area contributed by atoms with Gasteiger partial charge in [-0.15, -0.1) is 0 Å². The molecule has 0 aliphatic heterocycles. The molecule has 0 radical (unpaired) electrons. The van der Waals surface area contributed by atoms with Crippen LogP contribution in [0.4, 0.5) is 0 Å². The van der Waals surface area contributed by atoms with Crippen molar-refractivity contribution in [2.75, 3.05) is 0 Å². The molecule has 0 N–H and O–H groups in total. The second kappa shape index (κ2) is 18.7. The SMILES string of the molecule is [Al+3].[Al+3].[H-].[H-].[H-].[H-].[H-].[H-].[H-].[H-].[Li+].[Li+]. The Hall–Kier alpha value is 2.26. The van der Waals surface area contributed by atoms with Crippen molar-refractivity contribution in [1.82, 2.24) is 0 Å². The minimum atomic E-state index is 0. The van der Waals surface area contributed by atoms with Crippen molar-refractivity contribution in [2.24, 2.45) is 0 Å². The van der Waals surface area contributed by atoms with Gasteiger partial charge >= 0.3 is 72.4 Å². The second-order valence-electron chi connectivity index (χ2n) is 0. The Bertz CT molecular complexity index is 15.0. The first-order valence-electron chi connectivity index (χ1n) is 0. The fraction of sp³-hybridized carbons (Fsp3) is 0. The molecule has 0 aromatic rings. The van der Waals surface area contributed by atoms with E-state index in [1.54, 1.807) is 0 Å². The quantitative estimate of drug-likeness (QED) is 0.252. The number of hydrogen-bond donors (Lipinski definition) is 0. The maximum absolute atomic E-state index is 0. The van der Waals surface area contributed by atoms with Crippen LogP contribution in [0.2, 0.25) is 0 Å². The zero-order valence-electron chi connectivity index (χ0n) is 11.2. The van der Waals surface area contributed by atoms with Crippen LogP contribution in [0.1, 0.15) is 11.4 Å². The van der Waals surface area contributed by atoms with Gasteiger partial charge in [-0.3, -0.25) is 0 Å². The van der Waals surface area contributed by atoms with Gasteiger partial charge in [0.05, 0.1) is 0 Å². The van der Waals surface area contributed by atoms with Gasteiger partial charge in [0, 0.05) is 0 Å². The van der Waals surface area contributed by atoms with Crippen LogP contribution in [0.5, 0.6) is 0 Å². The Morgan fingerprint density at radius 1 is 0.750 bits per heavy atom. The molecule has 0 atom stereocenters. The molecule has 0 rings (SSSR count). The first-order valence-corrected chi connectivity index (χ1v) is 0. The van der Waals surface area contributed by atoms with Gasteiger partial charge in [0.2, 0.25) is 0 Å². The van der Waals surface area contributed by atoms with Gasteiger partial charge < -0.3 is 11.4 Å². The van der Waals surface area contributed by atoms with Gasteiger partial charge in [-0.1, -0.05) is 0 Å². The van der Waals surface area contributed by atoms with E-state index in [1.165, 1.54) is 0 Å². The summed E-state index contributed by atoms with van der Waals surface area (Å²) in [5.74, 6) is 0. The largest absolute Gasteiger partial charge is 3.00 e. The van der Waals surface area contributed by atoms with Crippen LogP contribution in [0, 0.1) is 0 Å². The Kier molecular flexibility index (Phi) is 158. The van der Waals surface area contributed by atoms with Crippen LogP contribution < -0.4 is 37.7 Å². The molecule has 0 nitrogen and oxygen atoms in total. The van der Waals surface area contributed by atoms with Crippen molar-refractivity contribution in [1.29, 1.82) is 0 Å². The van der Waals surface area contributed by atoms with Gasteiger partial charge in [0.1, 0.15) is 0 Å². The Labute approximate surface area is 83.6 Å². The number of rotatable bonds is 0. The summed E-state index contributed by atoms with van der Waals surface area (Å²) < 4.78 is 0. The summed E-state index contributed by atoms with van der Waals surface area (Å²) in [6, 6.07) is 0. The minimum Gasteiger partial charge on any atom is -1.00 e. The van der Waals surface area contributed by atoms with E-state index < -0.39 is 0 Å². The van der Waals surface area contributed by atoms with Crippen LogP contribution in [0.15, 0.2) is 0 Å². The standard InChI is InChI=1S/2Al.2Li.8H/q2*+3;2*+1;8*-1. The molecular formula is H8Al2Li2. The summed E-state index contributed by atoms with van der Waals surface area (Å²) in [5, 5.41) is 0. The molecule has 0 unspecified atom stereocenters. The van der Waals surface area contributed by atoms with Gasteiger partial charge in [-0.2, -0.15) is 0 Å². The molecule has 0 aliphatic rings. The van der Waals surface area contributed by atoms with Crippen molar-refractivity contribution in [2.45, 2.75) is 0 Å². The summed E-state index contributed by atoms with van der Waals surface area (Å²) in [7, 11) is 0. The third-order valence-corrected chi connectivity index (χ3v) is 0. The van der Waals surface area contributed by atoms with E-state index in [0.29, 0.717) is 0 Å². The third kappa shape index (κ3) is 8.86. The molecule has 0 aromatic carbocycles. The Balaban J connectivity index is 0. The molecule has 0 bridgehead atoms. The van der Waals surface area contributed by atoms with Crippen LogP contribution >= 0.6 is 0 Å². The average molecular weight is 75.9 g/mol. The zero-order valence-corrected chi connectivity index (χ0v) is 5.46. The van der Waals surface area contributed by atoms with Crippen LogP contribution in [0.3, 0.4) is 0 Å². The third-order valence-electron chi connectivity index (χ3n) is 0. The fourth-order valence-corrected chi connectivity index (χ4v) is 0. The monoisotopic (exact) mass is 76.1 g/mol. The molecule has 0 saturated heterocycles. The zero-order chi connectivity index (χ0) is 0. The summed E-state index contributed by atoms with van der Waals surface area (Å²) in [5.41, 5.74) is 0. The van der Waals surface area contributed by atoms with E-state index in [0.717, 1.165) is 0 Å². The molecule has 0 aromatic heterocycles. The molecule has 0 fully saturated rings. The average Bonchev–Trinajstić information content (AvgIpc) is 0. The summed E-state index contributed by atoms with van der Waals surface area (Å²) in [4.78, 5) is 0. The van der Waals surface area contributed by atoms with Gasteiger partial charge in [0.15, 0.2) is 0 Å². The Morgan fingerprint density at radius 2 is 0.750 bits per heavy atom. The number of hydrogen-bond acceptors (Lipinski definition) is 0. The Morgan fingerprint density at radius 3 is 0.750 bits per heavy atom. The first kappa shape index (κ1) is 33.9. The first-order chi connectivity index (χ1) is 0. The molecule has 4 heavy (non-hydrogen) atoms. The van der Waals surface area contributed by atoms with E-state index >= 15 is 0 Å². The summed E-state index contributed by atoms with van der Waals surface area (Å²) >= 11 is 0. The normalized spacial score (nSPS) is 0. The van der Waals surface area contributed by atoms with Crippen molar-refractivity contribution in [3.63, 3.8) is 0 Å². The molecule has 4 heteroatoms. The summed E-state index contributed by atoms with van der Waals surface area (Å²) in [6.45, 7) is 0. The van der Waals surface area contributed by atoms with E-state index in [1.807, 2.05) is 0 Å². The molecule has 0 saturated carbocycles. The van der Waals surface area contributed by atoms with Gasteiger partial charge in [0.25, 0.3) is 0 Å². The van der Waals surface area contributed by atoms with E-state index in [-0.39, 0.29) is 83.9 Å². The van der Waals surface area contributed by atoms with Gasteiger partial charge in [-0.25, -0.2) is 0 Å². The predicted molar refractivity (Wildman–Crippen MR) is 20.4 cm³/mol. The minimum absolute atomic E-state index is 0. The maximum Gasteiger partial charge on any atom is 3.00 e. The molecule has 0 spiro atoms. The summed E-state index contributed by atoms with van der Waals surface area (Å²) in [6.07, 6.45) is 0. The van der Waals surface area contributed by atoms with E-state index in [2.05, 4.69) is 0 Å². The maximum atomic E-state index is 0. The predicted octanol–water partition coefficient (Wildman–Crippen LogP) is -5.85. The molecule has 0 aliphatic carbocycles. The van der Waals surface area contributed by atoms with Crippen molar-refractivity contribution < 1.29 is 49.1 Å². The van der Waals surface area contributed by atoms with E-state index in [9.17, 15) is 0 Å². The second-order valence-corrected chi connectivity index (χ2v) is 0. The van der Waals surface area contributed by atoms with Crippen molar-refractivity contribution >= 4 is 34.7 Å². The molecule has 0 amide bonds. The topological polar surface area (TPSA) is 0 Å². The van der Waals surface area contributed by atoms with Crippen molar-refractivity contribution in [3.8, 4) is 0 Å². The van der Waals surface area contributed by atoms with Crippen LogP contribution in [-0.4, -0.2) is 34.7 Å². The smallest absolute Gasteiger partial charge is 1.00 e. The van der Waals surface area contributed by atoms with E-state index in [4.69, 9.17) is 0 Å². The molecular weight excluding hydrogens is 67.8 g/mol. The van der Waals surface area contributed by atoms with Crippen LogP contribution in [-0.2, 0) is 0 Å². The molecule has 16 valence electrons. The van der Waals surface area contributed by atoms with Crippen LogP contribution in [0.25, 0.3) is 0 Å². The van der Waals surface area contributed by atoms with Crippen molar-refractivity contribution in [3.05, 3.63) is 0 Å².